The number of hydrogen-bond acceptors (Lipinski definition) is 7. The third-order valence-corrected chi connectivity index (χ3v) is 6.79. The van der Waals surface area contributed by atoms with Crippen LogP contribution < -0.4 is 9.47 Å². The van der Waals surface area contributed by atoms with Crippen molar-refractivity contribution < 1.29 is 14.6 Å². The van der Waals surface area contributed by atoms with Crippen LogP contribution in [0.4, 0.5) is 0 Å². The van der Waals surface area contributed by atoms with Crippen LogP contribution in [0, 0.1) is 0 Å². The molecule has 0 unspecified atom stereocenters. The Morgan fingerprint density at radius 2 is 2.05 bits per heavy atom. The second kappa shape index (κ2) is 10.5. The predicted octanol–water partition coefficient (Wildman–Crippen LogP) is 4.49. The number of aryl methyl sites for hydroxylation is 1. The Balaban J connectivity index is 1.71. The lowest BCUT2D eigenvalue weighted by atomic mass is 10.0. The van der Waals surface area contributed by atoms with Gasteiger partial charge in [-0.25, -0.2) is 4.68 Å². The molecule has 208 valence electrons. The Labute approximate surface area is 229 Å². The number of fused-ring (bicyclic) bond motifs is 4. The molecule has 2 bridgehead atoms. The average Bonchev–Trinajstić information content (AvgIpc) is 3.51. The first-order chi connectivity index (χ1) is 18.5. The van der Waals surface area contributed by atoms with E-state index in [0.717, 1.165) is 51.4 Å². The van der Waals surface area contributed by atoms with Gasteiger partial charge in [0.15, 0.2) is 0 Å². The normalized spacial score (nSPS) is 17.5. The highest BCUT2D eigenvalue weighted by Gasteiger charge is 2.26. The molecule has 1 aromatic carbocycles. The third-order valence-electron chi connectivity index (χ3n) is 6.79. The molecule has 4 heterocycles. The van der Waals surface area contributed by atoms with E-state index in [2.05, 4.69) is 46.2 Å². The van der Waals surface area contributed by atoms with Crippen LogP contribution in [0.2, 0.25) is 0 Å². The summed E-state index contributed by atoms with van der Waals surface area (Å²) >= 11 is 0. The van der Waals surface area contributed by atoms with Crippen molar-refractivity contribution in [3.8, 4) is 22.9 Å². The third kappa shape index (κ3) is 5.72. The van der Waals surface area contributed by atoms with Gasteiger partial charge in [0.2, 0.25) is 11.8 Å². The molecule has 39 heavy (non-hydrogen) atoms. The molecule has 10 nitrogen and oxygen atoms in total. The number of aromatic amines is 1. The minimum absolute atomic E-state index is 0.0528. The van der Waals surface area contributed by atoms with E-state index in [1.54, 1.807) is 18.5 Å². The van der Waals surface area contributed by atoms with E-state index in [4.69, 9.17) is 14.6 Å². The van der Waals surface area contributed by atoms with E-state index in [-0.39, 0.29) is 12.2 Å². The molecule has 3 aromatic heterocycles. The molecule has 0 amide bonds. The van der Waals surface area contributed by atoms with E-state index in [0.29, 0.717) is 25.5 Å². The lowest BCUT2D eigenvalue weighted by molar-refractivity contribution is 0.0548. The maximum atomic E-state index is 10.7. The summed E-state index contributed by atoms with van der Waals surface area (Å²) < 4.78 is 16.4. The van der Waals surface area contributed by atoms with E-state index in [1.165, 1.54) is 0 Å². The summed E-state index contributed by atoms with van der Waals surface area (Å²) in [4.78, 5) is 2.32. The molecule has 5 rings (SSSR count). The van der Waals surface area contributed by atoms with Gasteiger partial charge in [-0.1, -0.05) is 13.0 Å². The van der Waals surface area contributed by atoms with Gasteiger partial charge >= 0.3 is 0 Å². The van der Waals surface area contributed by atoms with Crippen molar-refractivity contribution in [2.24, 2.45) is 7.05 Å². The molecule has 4 aromatic rings. The number of nitrogens with zero attached hydrogens (tertiary/aromatic N) is 6. The van der Waals surface area contributed by atoms with Crippen LogP contribution in [0.5, 0.6) is 11.8 Å². The van der Waals surface area contributed by atoms with Gasteiger partial charge in [-0.15, -0.1) is 5.10 Å². The molecular weight excluding hydrogens is 494 g/mol. The maximum Gasteiger partial charge on any atom is 0.240 e. The standard InChI is InChI=1S/C29H39N7O3/c1-8-35-15-19(4)39-28-23(14-30-34(28)7)20-9-11-24-22(13-20)25(32-31-24)12-10-21-26(16-35)36(17-29(5,6)37)33-27(21)38-18(2)3/h9-14,18-19,37H,8,15-17H2,1-7H3,(H,31,32)/b12-10+/t19-/m0/s1. The molecule has 2 N–H and O–H groups in total. The first kappa shape index (κ1) is 27.0. The van der Waals surface area contributed by atoms with Crippen molar-refractivity contribution in [3.63, 3.8) is 0 Å². The van der Waals surface area contributed by atoms with E-state index in [9.17, 15) is 5.11 Å². The molecule has 0 saturated carbocycles. The highest BCUT2D eigenvalue weighted by atomic mass is 16.5. The van der Waals surface area contributed by atoms with Crippen molar-refractivity contribution in [2.75, 3.05) is 13.1 Å². The minimum atomic E-state index is -0.949. The monoisotopic (exact) mass is 533 g/mol. The first-order valence-electron chi connectivity index (χ1n) is 13.6. The van der Waals surface area contributed by atoms with Gasteiger partial charge in [-0.05, 0) is 71.0 Å². The van der Waals surface area contributed by atoms with E-state index >= 15 is 0 Å². The summed E-state index contributed by atoms with van der Waals surface area (Å²) in [5.41, 5.74) is 4.62. The summed E-state index contributed by atoms with van der Waals surface area (Å²) in [6, 6.07) is 6.18. The molecule has 1 atom stereocenters. The number of rotatable bonds is 5. The quantitative estimate of drug-likeness (QED) is 0.389. The molecule has 0 fully saturated rings. The molecule has 0 saturated heterocycles. The molecule has 1 aliphatic rings. The minimum Gasteiger partial charge on any atom is -0.473 e. The maximum absolute atomic E-state index is 10.7. The molecule has 0 spiro atoms. The molecule has 10 heteroatoms. The van der Waals surface area contributed by atoms with Gasteiger partial charge in [0.05, 0.1) is 52.5 Å². The van der Waals surface area contributed by atoms with Gasteiger partial charge in [0.1, 0.15) is 6.10 Å². The van der Waals surface area contributed by atoms with Gasteiger partial charge in [0.25, 0.3) is 0 Å². The lowest BCUT2D eigenvalue weighted by Crippen LogP contribution is -2.35. The smallest absolute Gasteiger partial charge is 0.240 e. The van der Waals surface area contributed by atoms with Crippen LogP contribution in [0.3, 0.4) is 0 Å². The Morgan fingerprint density at radius 3 is 2.77 bits per heavy atom. The van der Waals surface area contributed by atoms with Crippen LogP contribution in [0.1, 0.15) is 58.5 Å². The largest absolute Gasteiger partial charge is 0.473 e. The Kier molecular flexibility index (Phi) is 7.26. The highest BCUT2D eigenvalue weighted by molar-refractivity contribution is 5.93. The number of H-pyrrole nitrogens is 1. The van der Waals surface area contributed by atoms with E-state index in [1.807, 2.05) is 50.0 Å². The first-order valence-corrected chi connectivity index (χ1v) is 13.6. The van der Waals surface area contributed by atoms with Gasteiger partial charge in [0, 0.05) is 25.5 Å². The topological polar surface area (TPSA) is 106 Å². The average molecular weight is 534 g/mol. The van der Waals surface area contributed by atoms with Crippen LogP contribution in [-0.4, -0.2) is 70.7 Å². The second-order valence-corrected chi connectivity index (χ2v) is 11.2. The van der Waals surface area contributed by atoms with Crippen molar-refractivity contribution in [1.82, 2.24) is 34.7 Å². The fraction of sp³-hybridized carbons (Fsp3) is 0.483. The fourth-order valence-electron chi connectivity index (χ4n) is 4.99. The Bertz CT molecular complexity index is 1490. The van der Waals surface area contributed by atoms with Crippen LogP contribution in [-0.2, 0) is 20.1 Å². The number of aromatic nitrogens is 6. The van der Waals surface area contributed by atoms with Gasteiger partial charge in [-0.2, -0.15) is 10.2 Å². The molecule has 0 radical (unpaired) electrons. The van der Waals surface area contributed by atoms with Crippen molar-refractivity contribution in [1.29, 1.82) is 0 Å². The van der Waals surface area contributed by atoms with Crippen molar-refractivity contribution in [2.45, 2.75) is 72.4 Å². The summed E-state index contributed by atoms with van der Waals surface area (Å²) in [5.74, 6) is 1.28. The van der Waals surface area contributed by atoms with E-state index < -0.39 is 5.60 Å². The number of nitrogens with one attached hydrogen (secondary N) is 1. The van der Waals surface area contributed by atoms with Crippen molar-refractivity contribution >= 4 is 23.1 Å². The van der Waals surface area contributed by atoms with Gasteiger partial charge < -0.3 is 14.6 Å². The summed E-state index contributed by atoms with van der Waals surface area (Å²) in [6.45, 7) is 14.2. The Morgan fingerprint density at radius 1 is 1.26 bits per heavy atom. The number of benzene rings is 1. The number of aliphatic hydroxyl groups is 1. The Hall–Kier alpha value is -3.63. The zero-order valence-electron chi connectivity index (χ0n) is 23.9. The summed E-state index contributed by atoms with van der Waals surface area (Å²) in [7, 11) is 1.90. The molecular formula is C29H39N7O3. The van der Waals surface area contributed by atoms with Crippen LogP contribution in [0.15, 0.2) is 24.4 Å². The van der Waals surface area contributed by atoms with Crippen molar-refractivity contribution in [3.05, 3.63) is 41.3 Å². The fourth-order valence-corrected chi connectivity index (χ4v) is 4.99. The number of likely N-dealkylation sites (N-methyl/N-ethyl adjacent to an activating group) is 1. The zero-order chi connectivity index (χ0) is 27.9. The predicted molar refractivity (Wildman–Crippen MR) is 153 cm³/mol. The highest BCUT2D eigenvalue weighted by Crippen LogP contribution is 2.34. The molecule has 0 aliphatic carbocycles. The lowest BCUT2D eigenvalue weighted by Gasteiger charge is -2.26. The van der Waals surface area contributed by atoms with Crippen LogP contribution >= 0.6 is 0 Å². The number of hydrogen-bond donors (Lipinski definition) is 2. The second-order valence-electron chi connectivity index (χ2n) is 11.2. The van der Waals surface area contributed by atoms with Crippen LogP contribution in [0.25, 0.3) is 34.2 Å². The molecule has 1 aliphatic heterocycles. The number of ether oxygens (including phenoxy) is 2. The van der Waals surface area contributed by atoms with Gasteiger partial charge in [-0.3, -0.25) is 14.7 Å². The summed E-state index contributed by atoms with van der Waals surface area (Å²) in [5, 5.41) is 28.7. The summed E-state index contributed by atoms with van der Waals surface area (Å²) in [6.07, 6.45) is 5.77. The zero-order valence-corrected chi connectivity index (χ0v) is 23.9. The SMILES string of the molecule is CCN1Cc2c(c(OC(C)C)nn2CC(C)(C)O)/C=C/c2[nH]nc3ccc(cc23)-c2cnn(C)c2O[C@@H](C)C1.